The molecule has 0 saturated heterocycles. The molecule has 2 heterocycles. The summed E-state index contributed by atoms with van der Waals surface area (Å²) >= 11 is 0. The first kappa shape index (κ1) is 12.7. The molecule has 1 aromatic carbocycles. The molecule has 0 spiro atoms. The van der Waals surface area contributed by atoms with Gasteiger partial charge in [-0.2, -0.15) is 0 Å². The van der Waals surface area contributed by atoms with E-state index in [2.05, 4.69) is 22.2 Å². The van der Waals surface area contributed by atoms with Gasteiger partial charge in [-0.1, -0.05) is 6.92 Å². The molecule has 104 valence electrons. The van der Waals surface area contributed by atoms with Crippen molar-refractivity contribution in [1.82, 2.24) is 9.97 Å². The van der Waals surface area contributed by atoms with E-state index in [4.69, 9.17) is 9.47 Å². The number of nitrogens with one attached hydrogen (secondary N) is 1. The Morgan fingerprint density at radius 1 is 1.10 bits per heavy atom. The molecule has 0 amide bonds. The van der Waals surface area contributed by atoms with Crippen molar-refractivity contribution in [2.75, 3.05) is 25.1 Å². The molecular formula is C15H17N3O2. The molecule has 0 saturated carbocycles. The van der Waals surface area contributed by atoms with Crippen molar-refractivity contribution in [3.8, 4) is 22.8 Å². The van der Waals surface area contributed by atoms with Crippen LogP contribution in [0.4, 0.5) is 5.82 Å². The van der Waals surface area contributed by atoms with Gasteiger partial charge in [0.05, 0.1) is 5.69 Å². The van der Waals surface area contributed by atoms with Gasteiger partial charge in [-0.3, -0.25) is 0 Å². The smallest absolute Gasteiger partial charge is 0.162 e. The van der Waals surface area contributed by atoms with Crippen molar-refractivity contribution in [3.05, 3.63) is 30.6 Å². The van der Waals surface area contributed by atoms with Gasteiger partial charge in [-0.05, 0) is 24.6 Å². The Balaban J connectivity index is 1.88. The predicted molar refractivity (Wildman–Crippen MR) is 77.2 cm³/mol. The summed E-state index contributed by atoms with van der Waals surface area (Å²) in [7, 11) is 0. The van der Waals surface area contributed by atoms with Gasteiger partial charge in [-0.15, -0.1) is 0 Å². The summed E-state index contributed by atoms with van der Waals surface area (Å²) in [6.07, 6.45) is 2.63. The fourth-order valence-corrected chi connectivity index (χ4v) is 2.07. The zero-order valence-electron chi connectivity index (χ0n) is 11.4. The third-order valence-electron chi connectivity index (χ3n) is 3.06. The molecule has 5 heteroatoms. The van der Waals surface area contributed by atoms with Gasteiger partial charge in [0.1, 0.15) is 25.4 Å². The lowest BCUT2D eigenvalue weighted by Gasteiger charge is -2.18. The fourth-order valence-electron chi connectivity index (χ4n) is 2.07. The number of benzene rings is 1. The van der Waals surface area contributed by atoms with Crippen molar-refractivity contribution in [1.29, 1.82) is 0 Å². The van der Waals surface area contributed by atoms with E-state index < -0.39 is 0 Å². The summed E-state index contributed by atoms with van der Waals surface area (Å²) in [4.78, 5) is 8.53. The highest BCUT2D eigenvalue weighted by Gasteiger charge is 2.13. The third-order valence-corrected chi connectivity index (χ3v) is 3.06. The van der Waals surface area contributed by atoms with E-state index in [9.17, 15) is 0 Å². The van der Waals surface area contributed by atoms with Crippen molar-refractivity contribution in [2.24, 2.45) is 0 Å². The Bertz CT molecular complexity index is 601. The lowest BCUT2D eigenvalue weighted by molar-refractivity contribution is 0.171. The minimum absolute atomic E-state index is 0.587. The summed E-state index contributed by atoms with van der Waals surface area (Å²) in [5.41, 5.74) is 1.87. The van der Waals surface area contributed by atoms with E-state index in [-0.39, 0.29) is 0 Å². The molecule has 0 atom stereocenters. The lowest BCUT2D eigenvalue weighted by atomic mass is 10.1. The second-order valence-electron chi connectivity index (χ2n) is 4.57. The first-order chi connectivity index (χ1) is 9.86. The van der Waals surface area contributed by atoms with E-state index >= 15 is 0 Å². The molecular weight excluding hydrogens is 254 g/mol. The maximum atomic E-state index is 5.60. The van der Waals surface area contributed by atoms with Crippen LogP contribution in [0.2, 0.25) is 0 Å². The van der Waals surface area contributed by atoms with Crippen LogP contribution < -0.4 is 14.8 Å². The molecule has 1 aromatic heterocycles. The number of aromatic nitrogens is 2. The first-order valence-corrected chi connectivity index (χ1v) is 6.83. The summed E-state index contributed by atoms with van der Waals surface area (Å²) in [6, 6.07) is 7.81. The Labute approximate surface area is 118 Å². The minimum Gasteiger partial charge on any atom is -0.486 e. The van der Waals surface area contributed by atoms with Gasteiger partial charge in [0.15, 0.2) is 11.5 Å². The van der Waals surface area contributed by atoms with Crippen LogP contribution in [0.1, 0.15) is 13.3 Å². The SMILES string of the molecule is CCCNc1cc(-c2ccc3c(c2)OCCO3)ncn1. The number of hydrogen-bond acceptors (Lipinski definition) is 5. The number of rotatable bonds is 4. The van der Waals surface area contributed by atoms with Crippen LogP contribution in [-0.2, 0) is 0 Å². The molecule has 0 aliphatic carbocycles. The summed E-state index contributed by atoms with van der Waals surface area (Å²) in [5.74, 6) is 2.40. The molecule has 0 fully saturated rings. The van der Waals surface area contributed by atoms with Gasteiger partial charge in [0.25, 0.3) is 0 Å². The van der Waals surface area contributed by atoms with Gasteiger partial charge in [0, 0.05) is 18.2 Å². The van der Waals surface area contributed by atoms with Crippen LogP contribution in [0.25, 0.3) is 11.3 Å². The van der Waals surface area contributed by atoms with Gasteiger partial charge in [0.2, 0.25) is 0 Å². The van der Waals surface area contributed by atoms with Gasteiger partial charge >= 0.3 is 0 Å². The molecule has 0 bridgehead atoms. The average molecular weight is 271 g/mol. The van der Waals surface area contributed by atoms with Gasteiger partial charge in [-0.25, -0.2) is 9.97 Å². The third kappa shape index (κ3) is 2.66. The number of nitrogens with zero attached hydrogens (tertiary/aromatic N) is 2. The number of hydrogen-bond donors (Lipinski definition) is 1. The van der Waals surface area contributed by atoms with Crippen molar-refractivity contribution < 1.29 is 9.47 Å². The van der Waals surface area contributed by atoms with Crippen LogP contribution >= 0.6 is 0 Å². The lowest BCUT2D eigenvalue weighted by Crippen LogP contribution is -2.15. The summed E-state index contributed by atoms with van der Waals surface area (Å²) in [5, 5.41) is 3.26. The van der Waals surface area contributed by atoms with Crippen LogP contribution in [0, 0.1) is 0 Å². The summed E-state index contributed by atoms with van der Waals surface area (Å²) < 4.78 is 11.1. The number of ether oxygens (including phenoxy) is 2. The molecule has 3 rings (SSSR count). The number of fused-ring (bicyclic) bond motifs is 1. The second-order valence-corrected chi connectivity index (χ2v) is 4.57. The Morgan fingerprint density at radius 3 is 2.80 bits per heavy atom. The molecule has 0 radical (unpaired) electrons. The van der Waals surface area contributed by atoms with Crippen LogP contribution in [0.3, 0.4) is 0 Å². The normalized spacial score (nSPS) is 13.1. The van der Waals surface area contributed by atoms with Crippen molar-refractivity contribution >= 4 is 5.82 Å². The van der Waals surface area contributed by atoms with Crippen LogP contribution in [0.5, 0.6) is 11.5 Å². The summed E-state index contributed by atoms with van der Waals surface area (Å²) in [6.45, 7) is 4.21. The van der Waals surface area contributed by atoms with Crippen LogP contribution in [0.15, 0.2) is 30.6 Å². The highest BCUT2D eigenvalue weighted by Crippen LogP contribution is 2.34. The van der Waals surface area contributed by atoms with E-state index in [1.165, 1.54) is 0 Å². The van der Waals surface area contributed by atoms with Gasteiger partial charge < -0.3 is 14.8 Å². The average Bonchev–Trinajstić information content (AvgIpc) is 2.53. The molecule has 1 aliphatic heterocycles. The highest BCUT2D eigenvalue weighted by molar-refractivity contribution is 5.66. The number of anilines is 1. The quantitative estimate of drug-likeness (QED) is 0.926. The van der Waals surface area contributed by atoms with E-state index in [1.54, 1.807) is 6.33 Å². The van der Waals surface area contributed by atoms with Crippen LogP contribution in [-0.4, -0.2) is 29.7 Å². The molecule has 1 N–H and O–H groups in total. The molecule has 2 aromatic rings. The molecule has 1 aliphatic rings. The van der Waals surface area contributed by atoms with Crippen molar-refractivity contribution in [2.45, 2.75) is 13.3 Å². The maximum absolute atomic E-state index is 5.60. The largest absolute Gasteiger partial charge is 0.486 e. The monoisotopic (exact) mass is 271 g/mol. The first-order valence-electron chi connectivity index (χ1n) is 6.83. The standard InChI is InChI=1S/C15H17N3O2/c1-2-5-16-15-9-12(17-10-18-15)11-3-4-13-14(8-11)20-7-6-19-13/h3-4,8-10H,2,5-7H2,1H3,(H,16,17,18). The zero-order chi connectivity index (χ0) is 13.8. The fraction of sp³-hybridized carbons (Fsp3) is 0.333. The topological polar surface area (TPSA) is 56.3 Å². The molecule has 20 heavy (non-hydrogen) atoms. The van der Waals surface area contributed by atoms with E-state index in [0.29, 0.717) is 13.2 Å². The van der Waals surface area contributed by atoms with E-state index in [1.807, 2.05) is 24.3 Å². The second kappa shape index (κ2) is 5.77. The molecule has 0 unspecified atom stereocenters. The zero-order valence-corrected chi connectivity index (χ0v) is 11.4. The Kier molecular flexibility index (Phi) is 3.67. The van der Waals surface area contributed by atoms with Crippen molar-refractivity contribution in [3.63, 3.8) is 0 Å². The maximum Gasteiger partial charge on any atom is 0.162 e. The highest BCUT2D eigenvalue weighted by atomic mass is 16.6. The van der Waals surface area contributed by atoms with E-state index in [0.717, 1.165) is 41.5 Å². The predicted octanol–water partition coefficient (Wildman–Crippen LogP) is 2.74. The molecule has 5 nitrogen and oxygen atoms in total. The minimum atomic E-state index is 0.587. The Hall–Kier alpha value is -2.30. The Morgan fingerprint density at radius 2 is 1.95 bits per heavy atom.